The van der Waals surface area contributed by atoms with E-state index in [0.717, 1.165) is 6.07 Å². The van der Waals surface area contributed by atoms with E-state index in [0.29, 0.717) is 18.8 Å². The van der Waals surface area contributed by atoms with Gasteiger partial charge in [0.2, 0.25) is 5.91 Å². The molecule has 0 aliphatic rings. The van der Waals surface area contributed by atoms with Gasteiger partial charge in [0.25, 0.3) is 11.9 Å². The van der Waals surface area contributed by atoms with Gasteiger partial charge in [-0.15, -0.1) is 0 Å². The Kier molecular flexibility index (Phi) is 10.7. The fraction of sp³-hybridized carbons (Fsp3) is 0.474. The highest BCUT2D eigenvalue weighted by Crippen LogP contribution is 2.17. The number of guanidine groups is 1. The fourth-order valence-corrected chi connectivity index (χ4v) is 2.46. The molecule has 0 aliphatic heterocycles. The van der Waals surface area contributed by atoms with Crippen LogP contribution in [0.5, 0.6) is 5.75 Å². The van der Waals surface area contributed by atoms with Crippen LogP contribution in [-0.4, -0.2) is 42.5 Å². The monoisotopic (exact) mass is 439 g/mol. The standard InChI is InChI=1S/C19H28FN6O5/c1-12(2)8-10-22-18(28)15(5-4-9-23-19(21)25-26(29)30)24-17(27)13-6-7-16(31-3)14(20)11-13/h6-7,10-12,15H,4-5,8-9H2,1-3H3,(H,22,28)(H,24,27)(H3,21,23,25)/t15-/m0/s1. The van der Waals surface area contributed by atoms with E-state index in [1.165, 1.54) is 19.2 Å². The summed E-state index contributed by atoms with van der Waals surface area (Å²) < 4.78 is 18.7. The van der Waals surface area contributed by atoms with Gasteiger partial charge in [-0.25, -0.2) is 14.5 Å². The van der Waals surface area contributed by atoms with Crippen molar-refractivity contribution >= 4 is 17.8 Å². The largest absolute Gasteiger partial charge is 0.494 e. The van der Waals surface area contributed by atoms with Crippen LogP contribution in [0.2, 0.25) is 0 Å². The number of hydrazine groups is 1. The number of methoxy groups -OCH3 is 1. The minimum Gasteiger partial charge on any atom is -0.494 e. The molecule has 5 N–H and O–H groups in total. The number of ether oxygens (including phenoxy) is 1. The van der Waals surface area contributed by atoms with Gasteiger partial charge in [-0.2, -0.15) is 0 Å². The summed E-state index contributed by atoms with van der Waals surface area (Å²) in [5.74, 6) is -1.95. The quantitative estimate of drug-likeness (QED) is 0.108. The molecule has 0 aromatic heterocycles. The Bertz CT molecular complexity index is 789. The first-order valence-corrected chi connectivity index (χ1v) is 9.64. The molecule has 171 valence electrons. The van der Waals surface area contributed by atoms with Gasteiger partial charge in [0.15, 0.2) is 16.6 Å². The Morgan fingerprint density at radius 2 is 2.06 bits per heavy atom. The molecule has 1 aromatic carbocycles. The van der Waals surface area contributed by atoms with Crippen LogP contribution in [0.25, 0.3) is 0 Å². The maximum Gasteiger partial charge on any atom is 0.252 e. The van der Waals surface area contributed by atoms with Crippen molar-refractivity contribution in [3.05, 3.63) is 46.2 Å². The molecular formula is C19H28FN6O5. The van der Waals surface area contributed by atoms with Crippen molar-refractivity contribution in [2.45, 2.75) is 39.2 Å². The smallest absolute Gasteiger partial charge is 0.252 e. The van der Waals surface area contributed by atoms with Crippen LogP contribution >= 0.6 is 0 Å². The average molecular weight is 439 g/mol. The number of hydrogen-bond acceptors (Lipinski definition) is 6. The molecule has 1 atom stereocenters. The number of carbonyl (C=O) groups excluding carboxylic acids is 2. The van der Waals surface area contributed by atoms with Crippen LogP contribution in [0, 0.1) is 33.8 Å². The van der Waals surface area contributed by atoms with Gasteiger partial charge in [0, 0.05) is 18.7 Å². The van der Waals surface area contributed by atoms with Gasteiger partial charge in [-0.3, -0.25) is 15.0 Å². The number of carbonyl (C=O) groups is 2. The Morgan fingerprint density at radius 1 is 1.35 bits per heavy atom. The van der Waals surface area contributed by atoms with E-state index in [1.807, 2.05) is 13.8 Å². The maximum absolute atomic E-state index is 13.9. The lowest BCUT2D eigenvalue weighted by Gasteiger charge is -2.19. The number of halogens is 1. The van der Waals surface area contributed by atoms with Crippen molar-refractivity contribution in [2.24, 2.45) is 5.92 Å². The third-order valence-electron chi connectivity index (χ3n) is 4.04. The van der Waals surface area contributed by atoms with E-state index in [9.17, 15) is 24.1 Å². The Labute approximate surface area is 179 Å². The van der Waals surface area contributed by atoms with E-state index in [2.05, 4.69) is 16.0 Å². The zero-order valence-electron chi connectivity index (χ0n) is 17.7. The lowest BCUT2D eigenvalue weighted by Crippen LogP contribution is -2.46. The lowest BCUT2D eigenvalue weighted by atomic mass is 10.1. The van der Waals surface area contributed by atoms with Crippen LogP contribution in [0.4, 0.5) is 4.39 Å². The van der Waals surface area contributed by atoms with Crippen LogP contribution in [0.1, 0.15) is 43.5 Å². The van der Waals surface area contributed by atoms with Gasteiger partial charge in [0.05, 0.1) is 7.11 Å². The summed E-state index contributed by atoms with van der Waals surface area (Å²) in [6, 6.07) is 2.78. The molecule has 1 aromatic rings. The minimum absolute atomic E-state index is 0.00835. The molecule has 0 fully saturated rings. The zero-order valence-corrected chi connectivity index (χ0v) is 17.7. The maximum atomic E-state index is 13.9. The summed E-state index contributed by atoms with van der Waals surface area (Å²) in [6.07, 6.45) is 1.15. The third-order valence-corrected chi connectivity index (χ3v) is 4.04. The summed E-state index contributed by atoms with van der Waals surface area (Å²) in [7, 11) is 1.31. The average Bonchev–Trinajstić information content (AvgIpc) is 2.69. The van der Waals surface area contributed by atoms with Gasteiger partial charge >= 0.3 is 0 Å². The zero-order chi connectivity index (χ0) is 23.4. The van der Waals surface area contributed by atoms with Crippen molar-refractivity contribution in [1.29, 1.82) is 5.41 Å². The Balaban J connectivity index is 2.73. The fourth-order valence-electron chi connectivity index (χ4n) is 2.46. The van der Waals surface area contributed by atoms with Crippen molar-refractivity contribution < 1.29 is 23.7 Å². The molecule has 0 saturated carbocycles. The lowest BCUT2D eigenvalue weighted by molar-refractivity contribution is -0.525. The van der Waals surface area contributed by atoms with E-state index in [-0.39, 0.29) is 24.3 Å². The summed E-state index contributed by atoms with van der Waals surface area (Å²) in [5.41, 5.74) is 1.68. The van der Waals surface area contributed by atoms with Crippen molar-refractivity contribution in [2.75, 3.05) is 13.7 Å². The topological polar surface area (TPSA) is 158 Å². The summed E-state index contributed by atoms with van der Waals surface area (Å²) in [5, 5.41) is 24.4. The highest BCUT2D eigenvalue weighted by atomic mass is 19.1. The molecule has 2 amide bonds. The number of amides is 2. The predicted molar refractivity (Wildman–Crippen MR) is 111 cm³/mol. The van der Waals surface area contributed by atoms with Crippen molar-refractivity contribution in [1.82, 2.24) is 21.4 Å². The molecule has 0 unspecified atom stereocenters. The second-order valence-corrected chi connectivity index (χ2v) is 7.03. The number of rotatable bonds is 12. The summed E-state index contributed by atoms with van der Waals surface area (Å²) >= 11 is 0. The first kappa shape index (κ1) is 25.6. The molecule has 31 heavy (non-hydrogen) atoms. The predicted octanol–water partition coefficient (Wildman–Crippen LogP) is 1.34. The first-order valence-electron chi connectivity index (χ1n) is 9.64. The number of benzene rings is 1. The molecule has 0 heterocycles. The molecule has 0 saturated heterocycles. The van der Waals surface area contributed by atoms with E-state index >= 15 is 0 Å². The number of nitro groups is 1. The van der Waals surface area contributed by atoms with E-state index in [4.69, 9.17) is 10.1 Å². The van der Waals surface area contributed by atoms with Crippen molar-refractivity contribution in [3.8, 4) is 5.75 Å². The Hall–Kier alpha value is -3.44. The third kappa shape index (κ3) is 9.74. The van der Waals surface area contributed by atoms with Crippen LogP contribution in [0.3, 0.4) is 0 Å². The normalized spacial score (nSPS) is 11.4. The molecule has 0 bridgehead atoms. The van der Waals surface area contributed by atoms with Gasteiger partial charge in [-0.05, 0) is 43.4 Å². The van der Waals surface area contributed by atoms with E-state index in [1.54, 1.807) is 12.0 Å². The molecule has 11 nitrogen and oxygen atoms in total. The van der Waals surface area contributed by atoms with E-state index < -0.39 is 34.7 Å². The summed E-state index contributed by atoms with van der Waals surface area (Å²) in [4.78, 5) is 35.3. The minimum atomic E-state index is -0.930. The molecule has 1 radical (unpaired) electrons. The molecule has 0 aliphatic carbocycles. The molecule has 0 spiro atoms. The first-order chi connectivity index (χ1) is 14.6. The van der Waals surface area contributed by atoms with Gasteiger partial charge in [0.1, 0.15) is 6.04 Å². The van der Waals surface area contributed by atoms with Crippen molar-refractivity contribution in [3.63, 3.8) is 0 Å². The highest BCUT2D eigenvalue weighted by molar-refractivity contribution is 5.97. The second-order valence-electron chi connectivity index (χ2n) is 7.03. The molecular weight excluding hydrogens is 411 g/mol. The van der Waals surface area contributed by atoms with Crippen LogP contribution < -0.4 is 26.1 Å². The summed E-state index contributed by atoms with van der Waals surface area (Å²) in [6.45, 7) is 5.74. The van der Waals surface area contributed by atoms with Crippen LogP contribution in [-0.2, 0) is 4.79 Å². The second kappa shape index (κ2) is 13.0. The number of hydrogen-bond donors (Lipinski definition) is 5. The molecule has 1 rings (SSSR count). The van der Waals surface area contributed by atoms with Gasteiger partial charge < -0.3 is 20.7 Å². The molecule has 12 heteroatoms. The SMILES string of the molecule is COc1ccc(C(=O)N[C@@H](CCCNC(=N)N[N+](=O)[O-])C(=O)N[CH]CC(C)C)cc1F. The highest BCUT2D eigenvalue weighted by Gasteiger charge is 2.22. The van der Waals surface area contributed by atoms with Gasteiger partial charge in [-0.1, -0.05) is 19.3 Å². The van der Waals surface area contributed by atoms with Crippen LogP contribution in [0.15, 0.2) is 18.2 Å². The Morgan fingerprint density at radius 3 is 2.65 bits per heavy atom. The number of nitrogens with zero attached hydrogens (tertiary/aromatic N) is 1. The number of nitrogens with one attached hydrogen (secondary N) is 5.